The number of carbonyl (C=O) groups is 3. The van der Waals surface area contributed by atoms with Crippen molar-refractivity contribution in [2.45, 2.75) is 63.6 Å². The zero-order valence-corrected chi connectivity index (χ0v) is 28.7. The molecule has 4 amide bonds. The van der Waals surface area contributed by atoms with E-state index in [1.807, 2.05) is 47.1 Å². The Morgan fingerprint density at radius 2 is 1.59 bits per heavy atom. The van der Waals surface area contributed by atoms with Crippen molar-refractivity contribution in [1.29, 1.82) is 0 Å². The number of hydrogen-bond acceptors (Lipinski definition) is 8. The summed E-state index contributed by atoms with van der Waals surface area (Å²) in [5, 5.41) is 3.06. The zero-order valence-electron chi connectivity index (χ0n) is 28.7. The summed E-state index contributed by atoms with van der Waals surface area (Å²) in [6.07, 6.45) is 6.56. The first-order chi connectivity index (χ1) is 23.8. The van der Waals surface area contributed by atoms with E-state index in [2.05, 4.69) is 38.2 Å². The number of anilines is 1. The highest BCUT2D eigenvalue weighted by atomic mass is 16.6. The van der Waals surface area contributed by atoms with Gasteiger partial charge in [-0.15, -0.1) is 0 Å². The molecule has 0 bridgehead atoms. The first-order valence-corrected chi connectivity index (χ1v) is 17.8. The Hall–Kier alpha value is -4.29. The molecule has 260 valence electrons. The molecule has 5 heterocycles. The topological polar surface area (TPSA) is 114 Å². The molecule has 1 N–H and O–H groups in total. The van der Waals surface area contributed by atoms with Gasteiger partial charge in [0.25, 0.3) is 5.91 Å². The van der Waals surface area contributed by atoms with Crippen LogP contribution >= 0.6 is 0 Å². The standard InChI is InChI=1S/C37H48N8O4/c1-26-23-27(24-32-34(26)39-13-12-38-32)25-33(35(46)43-21-19-42(20-22-43)29-8-14-41(2)15-9-29)49-37(48)44-16-10-30(11-17-44)45-18-7-28-5-3-4-6-31(28)40-36(45)47/h3-6,12-13,23-24,29-30,33H,7-11,14-22,25H2,1-2H3,(H,40,47). The number of benzene rings is 2. The van der Waals surface area contributed by atoms with Gasteiger partial charge in [0, 0.05) is 82.4 Å². The molecule has 4 aliphatic rings. The van der Waals surface area contributed by atoms with Crippen LogP contribution in [0.3, 0.4) is 0 Å². The number of hydrogen-bond donors (Lipinski definition) is 1. The first-order valence-electron chi connectivity index (χ1n) is 17.8. The van der Waals surface area contributed by atoms with Crippen LogP contribution in [0.2, 0.25) is 0 Å². The number of piperidine rings is 2. The number of fused-ring (bicyclic) bond motifs is 2. The van der Waals surface area contributed by atoms with E-state index in [0.717, 1.165) is 78.9 Å². The number of aromatic nitrogens is 2. The van der Waals surface area contributed by atoms with Gasteiger partial charge in [0.2, 0.25) is 0 Å². The normalized spacial score (nSPS) is 20.9. The zero-order chi connectivity index (χ0) is 33.9. The maximum atomic E-state index is 14.1. The van der Waals surface area contributed by atoms with E-state index >= 15 is 0 Å². The Kier molecular flexibility index (Phi) is 9.95. The van der Waals surface area contributed by atoms with Crippen molar-refractivity contribution in [2.24, 2.45) is 0 Å². The van der Waals surface area contributed by atoms with Crippen molar-refractivity contribution in [3.63, 3.8) is 0 Å². The smallest absolute Gasteiger partial charge is 0.410 e. The first kappa shape index (κ1) is 33.2. The van der Waals surface area contributed by atoms with Gasteiger partial charge in [0.1, 0.15) is 0 Å². The lowest BCUT2D eigenvalue weighted by Gasteiger charge is -2.42. The average Bonchev–Trinajstić information content (AvgIpc) is 3.29. The Morgan fingerprint density at radius 3 is 2.37 bits per heavy atom. The van der Waals surface area contributed by atoms with Crippen LogP contribution in [0.5, 0.6) is 0 Å². The molecule has 1 aromatic heterocycles. The van der Waals surface area contributed by atoms with Crippen molar-refractivity contribution in [1.82, 2.24) is 34.5 Å². The predicted molar refractivity (Wildman–Crippen MR) is 187 cm³/mol. The molecule has 12 nitrogen and oxygen atoms in total. The molecule has 0 saturated carbocycles. The van der Waals surface area contributed by atoms with Crippen molar-refractivity contribution in [2.75, 3.05) is 71.3 Å². The van der Waals surface area contributed by atoms with Crippen LogP contribution in [0.4, 0.5) is 15.3 Å². The molecule has 2 aromatic carbocycles. The van der Waals surface area contributed by atoms with Gasteiger partial charge < -0.3 is 29.7 Å². The molecule has 0 aliphatic carbocycles. The van der Waals surface area contributed by atoms with Crippen LogP contribution in [-0.2, 0) is 22.4 Å². The monoisotopic (exact) mass is 668 g/mol. The lowest BCUT2D eigenvalue weighted by molar-refractivity contribution is -0.143. The van der Waals surface area contributed by atoms with E-state index in [1.165, 1.54) is 0 Å². The minimum absolute atomic E-state index is 0.0262. The van der Waals surface area contributed by atoms with E-state index in [0.29, 0.717) is 51.6 Å². The van der Waals surface area contributed by atoms with E-state index in [1.54, 1.807) is 17.3 Å². The number of rotatable bonds is 6. The molecule has 1 atom stereocenters. The van der Waals surface area contributed by atoms with Gasteiger partial charge in [0.05, 0.1) is 11.0 Å². The van der Waals surface area contributed by atoms with E-state index in [-0.39, 0.29) is 24.4 Å². The molecule has 3 aromatic rings. The van der Waals surface area contributed by atoms with Gasteiger partial charge >= 0.3 is 12.1 Å². The summed E-state index contributed by atoms with van der Waals surface area (Å²) < 4.78 is 6.13. The summed E-state index contributed by atoms with van der Waals surface area (Å²) >= 11 is 0. The lowest BCUT2D eigenvalue weighted by Crippen LogP contribution is -2.56. The van der Waals surface area contributed by atoms with Crippen LogP contribution in [0, 0.1) is 6.92 Å². The predicted octanol–water partition coefficient (Wildman–Crippen LogP) is 3.78. The van der Waals surface area contributed by atoms with Gasteiger partial charge in [-0.1, -0.05) is 24.3 Å². The third kappa shape index (κ3) is 7.50. The number of likely N-dealkylation sites (tertiary alicyclic amines) is 2. The molecule has 1 unspecified atom stereocenters. The summed E-state index contributed by atoms with van der Waals surface area (Å²) in [7, 11) is 2.17. The summed E-state index contributed by atoms with van der Waals surface area (Å²) in [5.74, 6) is -0.149. The fraction of sp³-hybridized carbons (Fsp3) is 0.541. The number of nitrogens with zero attached hydrogens (tertiary/aromatic N) is 7. The highest BCUT2D eigenvalue weighted by Crippen LogP contribution is 2.26. The number of piperazine rings is 1. The maximum Gasteiger partial charge on any atom is 0.410 e. The second-order valence-corrected chi connectivity index (χ2v) is 14.1. The number of para-hydroxylation sites is 1. The van der Waals surface area contributed by atoms with E-state index in [9.17, 15) is 14.4 Å². The van der Waals surface area contributed by atoms with E-state index < -0.39 is 12.2 Å². The Morgan fingerprint density at radius 1 is 0.878 bits per heavy atom. The van der Waals surface area contributed by atoms with Crippen molar-refractivity contribution >= 4 is 34.8 Å². The maximum absolute atomic E-state index is 14.1. The number of amides is 4. The average molecular weight is 669 g/mol. The number of aryl methyl sites for hydroxylation is 1. The molecule has 7 rings (SSSR count). The molecule has 12 heteroatoms. The number of urea groups is 1. The van der Waals surface area contributed by atoms with Gasteiger partial charge in [-0.2, -0.15) is 0 Å². The summed E-state index contributed by atoms with van der Waals surface area (Å²) in [5.41, 5.74) is 5.42. The van der Waals surface area contributed by atoms with Gasteiger partial charge in [-0.25, -0.2) is 9.59 Å². The molecule has 0 spiro atoms. The molecule has 49 heavy (non-hydrogen) atoms. The minimum atomic E-state index is -0.955. The Labute approximate surface area is 288 Å². The van der Waals surface area contributed by atoms with Crippen LogP contribution in [-0.4, -0.2) is 137 Å². The van der Waals surface area contributed by atoms with Gasteiger partial charge in [-0.05, 0) is 88.0 Å². The van der Waals surface area contributed by atoms with Gasteiger partial charge in [-0.3, -0.25) is 19.7 Å². The molecule has 3 fully saturated rings. The molecule has 0 radical (unpaired) electrons. The van der Waals surface area contributed by atoms with Crippen LogP contribution in [0.15, 0.2) is 48.8 Å². The SMILES string of the molecule is Cc1cc(CC(OC(=O)N2CCC(N3CCc4ccccc4NC3=O)CC2)C(=O)N2CCN(C3CCN(C)CC3)CC2)cc2nccnc12. The van der Waals surface area contributed by atoms with Crippen LogP contribution in [0.1, 0.15) is 42.4 Å². The molecule has 3 saturated heterocycles. The second-order valence-electron chi connectivity index (χ2n) is 14.1. The Bertz CT molecular complexity index is 1660. The minimum Gasteiger partial charge on any atom is -0.436 e. The Balaban J connectivity index is 1.01. The van der Waals surface area contributed by atoms with Crippen LogP contribution < -0.4 is 5.32 Å². The summed E-state index contributed by atoms with van der Waals surface area (Å²) in [6.45, 7) is 8.64. The van der Waals surface area contributed by atoms with Crippen LogP contribution in [0.25, 0.3) is 11.0 Å². The highest BCUT2D eigenvalue weighted by Gasteiger charge is 2.36. The third-order valence-corrected chi connectivity index (χ3v) is 10.9. The molecular formula is C37H48N8O4. The molecular weight excluding hydrogens is 620 g/mol. The third-order valence-electron chi connectivity index (χ3n) is 10.9. The highest BCUT2D eigenvalue weighted by molar-refractivity contribution is 5.91. The number of carbonyl (C=O) groups excluding carboxylic acids is 3. The fourth-order valence-corrected chi connectivity index (χ4v) is 8.00. The summed E-state index contributed by atoms with van der Waals surface area (Å²) in [6, 6.07) is 12.4. The van der Waals surface area contributed by atoms with Crippen molar-refractivity contribution in [3.05, 3.63) is 65.5 Å². The molecule has 4 aliphatic heterocycles. The fourth-order valence-electron chi connectivity index (χ4n) is 8.00. The largest absolute Gasteiger partial charge is 0.436 e. The van der Waals surface area contributed by atoms with Crippen molar-refractivity contribution < 1.29 is 19.1 Å². The van der Waals surface area contributed by atoms with Crippen molar-refractivity contribution in [3.8, 4) is 0 Å². The second kappa shape index (κ2) is 14.7. The lowest BCUT2D eigenvalue weighted by atomic mass is 10.0. The van der Waals surface area contributed by atoms with E-state index in [4.69, 9.17) is 4.74 Å². The summed E-state index contributed by atoms with van der Waals surface area (Å²) in [4.78, 5) is 60.3. The van der Waals surface area contributed by atoms with Gasteiger partial charge in [0.15, 0.2) is 6.10 Å². The quantitative estimate of drug-likeness (QED) is 0.423. The number of nitrogens with one attached hydrogen (secondary N) is 1. The number of ether oxygens (including phenoxy) is 1.